The van der Waals surface area contributed by atoms with Gasteiger partial charge >= 0.3 is 0 Å². The summed E-state index contributed by atoms with van der Waals surface area (Å²) in [6.45, 7) is 2.15. The van der Waals surface area contributed by atoms with Gasteiger partial charge in [0.2, 0.25) is 10.0 Å². The Bertz CT molecular complexity index is 1010. The van der Waals surface area contributed by atoms with Gasteiger partial charge in [-0.2, -0.15) is 0 Å². The molecular weight excluding hydrogens is 380 g/mol. The topological polar surface area (TPSA) is 84.0 Å². The molecule has 0 bridgehead atoms. The quantitative estimate of drug-likeness (QED) is 0.464. The van der Waals surface area contributed by atoms with E-state index in [1.807, 2.05) is 49.6 Å². The van der Waals surface area contributed by atoms with Crippen molar-refractivity contribution in [3.8, 4) is 0 Å². The molecule has 0 amide bonds. The van der Waals surface area contributed by atoms with Gasteiger partial charge in [0.05, 0.1) is 4.90 Å². The maximum Gasteiger partial charge on any atom is 0.240 e. The van der Waals surface area contributed by atoms with Crippen LogP contribution in [-0.4, -0.2) is 24.6 Å². The lowest BCUT2D eigenvalue weighted by atomic mass is 10.2. The van der Waals surface area contributed by atoms with Crippen molar-refractivity contribution in [2.75, 3.05) is 11.6 Å². The molecule has 0 saturated carbocycles. The van der Waals surface area contributed by atoms with Crippen molar-refractivity contribution in [3.63, 3.8) is 0 Å². The number of aryl methyl sites for hydroxylation is 1. The number of nitrogens with zero attached hydrogens (tertiary/aromatic N) is 2. The van der Waals surface area contributed by atoms with Gasteiger partial charge in [-0.3, -0.25) is 0 Å². The number of thioether (sulfide) groups is 1. The summed E-state index contributed by atoms with van der Waals surface area (Å²) in [5.41, 5.74) is 2.52. The van der Waals surface area contributed by atoms with E-state index in [1.54, 1.807) is 24.3 Å². The number of aromatic nitrogens is 2. The van der Waals surface area contributed by atoms with Crippen LogP contribution in [-0.2, 0) is 16.6 Å². The van der Waals surface area contributed by atoms with Crippen molar-refractivity contribution in [2.45, 2.75) is 23.5 Å². The van der Waals surface area contributed by atoms with Crippen LogP contribution >= 0.6 is 11.8 Å². The molecule has 1 heterocycles. The molecular formula is C19H20N4O2S2. The van der Waals surface area contributed by atoms with Crippen LogP contribution in [0.15, 0.2) is 70.7 Å². The van der Waals surface area contributed by atoms with Gasteiger partial charge in [-0.05, 0) is 43.0 Å². The Balaban J connectivity index is 1.70. The minimum absolute atomic E-state index is 0.215. The summed E-state index contributed by atoms with van der Waals surface area (Å²) in [7, 11) is -3.57. The number of hydrogen-bond donors (Lipinski definition) is 2. The molecule has 0 fully saturated rings. The summed E-state index contributed by atoms with van der Waals surface area (Å²) in [5, 5.41) is 3.86. The number of benzene rings is 2. The molecule has 140 valence electrons. The van der Waals surface area contributed by atoms with Crippen molar-refractivity contribution in [2.24, 2.45) is 0 Å². The van der Waals surface area contributed by atoms with E-state index in [9.17, 15) is 8.42 Å². The maximum atomic E-state index is 12.4. The van der Waals surface area contributed by atoms with Crippen molar-refractivity contribution in [3.05, 3.63) is 71.9 Å². The molecule has 6 nitrogen and oxygen atoms in total. The third kappa shape index (κ3) is 5.29. The van der Waals surface area contributed by atoms with Gasteiger partial charge < -0.3 is 5.32 Å². The van der Waals surface area contributed by atoms with Crippen LogP contribution in [0.25, 0.3) is 0 Å². The van der Waals surface area contributed by atoms with Crippen LogP contribution in [0.4, 0.5) is 11.5 Å². The molecule has 1 aromatic heterocycles. The molecule has 0 aliphatic heterocycles. The average Bonchev–Trinajstić information content (AvgIpc) is 2.67. The predicted octanol–water partition coefficient (Wildman–Crippen LogP) is 3.73. The number of nitrogens with one attached hydrogen (secondary N) is 2. The molecule has 3 aromatic rings. The first-order valence-corrected chi connectivity index (χ1v) is 11.0. The smallest absolute Gasteiger partial charge is 0.240 e. The number of sulfonamides is 1. The van der Waals surface area contributed by atoms with Gasteiger partial charge in [0, 0.05) is 24.0 Å². The fourth-order valence-corrected chi connectivity index (χ4v) is 3.86. The second kappa shape index (κ2) is 8.51. The molecule has 27 heavy (non-hydrogen) atoms. The zero-order valence-electron chi connectivity index (χ0n) is 15.0. The van der Waals surface area contributed by atoms with Crippen LogP contribution in [0.5, 0.6) is 0 Å². The highest BCUT2D eigenvalue weighted by atomic mass is 32.2. The number of hydrogen-bond acceptors (Lipinski definition) is 6. The number of anilines is 2. The molecule has 0 aliphatic carbocycles. The molecule has 8 heteroatoms. The standard InChI is InChI=1S/C19H20N4O2S2/c1-14-12-18(23-19(21-14)26-2)22-16-8-10-17(11-9-16)27(24,25)20-13-15-6-4-3-5-7-15/h3-12,20H,13H2,1-2H3,(H,21,22,23). The largest absolute Gasteiger partial charge is 0.340 e. The Kier molecular flexibility index (Phi) is 6.10. The highest BCUT2D eigenvalue weighted by molar-refractivity contribution is 7.98. The van der Waals surface area contributed by atoms with E-state index in [4.69, 9.17) is 0 Å². The average molecular weight is 401 g/mol. The Hall–Kier alpha value is -2.42. The summed E-state index contributed by atoms with van der Waals surface area (Å²) >= 11 is 1.47. The summed E-state index contributed by atoms with van der Waals surface area (Å²) in [6, 6.07) is 17.8. The second-order valence-corrected chi connectivity index (χ2v) is 8.38. The third-order valence-electron chi connectivity index (χ3n) is 3.76. The first-order chi connectivity index (χ1) is 13.0. The summed E-state index contributed by atoms with van der Waals surface area (Å²) in [4.78, 5) is 8.92. The van der Waals surface area contributed by atoms with Gasteiger partial charge in [-0.15, -0.1) is 0 Å². The lowest BCUT2D eigenvalue weighted by Crippen LogP contribution is -2.23. The van der Waals surface area contributed by atoms with Crippen LogP contribution in [0.1, 0.15) is 11.3 Å². The van der Waals surface area contributed by atoms with E-state index >= 15 is 0 Å². The zero-order valence-corrected chi connectivity index (χ0v) is 16.6. The zero-order chi connectivity index (χ0) is 19.3. The monoisotopic (exact) mass is 400 g/mol. The predicted molar refractivity (Wildman–Crippen MR) is 109 cm³/mol. The van der Waals surface area contributed by atoms with Crippen LogP contribution in [0.2, 0.25) is 0 Å². The Morgan fingerprint density at radius 1 is 1.00 bits per heavy atom. The lowest BCUT2D eigenvalue weighted by molar-refractivity contribution is 0.581. The normalized spacial score (nSPS) is 11.3. The molecule has 2 aromatic carbocycles. The molecule has 0 saturated heterocycles. The van der Waals surface area contributed by atoms with E-state index < -0.39 is 10.0 Å². The number of rotatable bonds is 7. The van der Waals surface area contributed by atoms with Gasteiger partial charge in [-0.25, -0.2) is 23.1 Å². The highest BCUT2D eigenvalue weighted by Crippen LogP contribution is 2.20. The molecule has 0 atom stereocenters. The van der Waals surface area contributed by atoms with Crippen molar-refractivity contribution >= 4 is 33.3 Å². The van der Waals surface area contributed by atoms with Gasteiger partial charge in [0.15, 0.2) is 5.16 Å². The first-order valence-electron chi connectivity index (χ1n) is 8.26. The van der Waals surface area contributed by atoms with E-state index in [2.05, 4.69) is 20.0 Å². The Labute approximate surface area is 163 Å². The van der Waals surface area contributed by atoms with Gasteiger partial charge in [0.1, 0.15) is 5.82 Å². The fraction of sp³-hybridized carbons (Fsp3) is 0.158. The third-order valence-corrected chi connectivity index (χ3v) is 5.73. The van der Waals surface area contributed by atoms with E-state index in [1.165, 1.54) is 11.8 Å². The SMILES string of the molecule is CSc1nc(C)cc(Nc2ccc(S(=O)(=O)NCc3ccccc3)cc2)n1. The molecule has 2 N–H and O–H groups in total. The minimum Gasteiger partial charge on any atom is -0.340 e. The first kappa shape index (κ1) is 19.3. The minimum atomic E-state index is -3.57. The summed E-state index contributed by atoms with van der Waals surface area (Å²) < 4.78 is 27.5. The fourth-order valence-electron chi connectivity index (χ4n) is 2.42. The van der Waals surface area contributed by atoms with E-state index in [0.29, 0.717) is 11.0 Å². The summed E-state index contributed by atoms with van der Waals surface area (Å²) in [5.74, 6) is 0.671. The molecule has 0 radical (unpaired) electrons. The second-order valence-electron chi connectivity index (χ2n) is 5.84. The van der Waals surface area contributed by atoms with Crippen LogP contribution in [0.3, 0.4) is 0 Å². The molecule has 0 unspecified atom stereocenters. The van der Waals surface area contributed by atoms with Gasteiger partial charge in [-0.1, -0.05) is 42.1 Å². The molecule has 0 aliphatic rings. The highest BCUT2D eigenvalue weighted by Gasteiger charge is 2.13. The van der Waals surface area contributed by atoms with Crippen LogP contribution in [0, 0.1) is 6.92 Å². The van der Waals surface area contributed by atoms with Gasteiger partial charge in [0.25, 0.3) is 0 Å². The maximum absolute atomic E-state index is 12.4. The lowest BCUT2D eigenvalue weighted by Gasteiger charge is -2.10. The van der Waals surface area contributed by atoms with Crippen LogP contribution < -0.4 is 10.0 Å². The Morgan fingerprint density at radius 3 is 2.37 bits per heavy atom. The van der Waals surface area contributed by atoms with E-state index in [0.717, 1.165) is 16.9 Å². The Morgan fingerprint density at radius 2 is 1.70 bits per heavy atom. The molecule has 3 rings (SSSR count). The van der Waals surface area contributed by atoms with Crippen molar-refractivity contribution < 1.29 is 8.42 Å². The summed E-state index contributed by atoms with van der Waals surface area (Å²) in [6.07, 6.45) is 1.92. The van der Waals surface area contributed by atoms with Crippen molar-refractivity contribution in [1.29, 1.82) is 0 Å². The van der Waals surface area contributed by atoms with E-state index in [-0.39, 0.29) is 11.4 Å². The molecule has 0 spiro atoms. The van der Waals surface area contributed by atoms with Crippen molar-refractivity contribution in [1.82, 2.24) is 14.7 Å².